The molecule has 0 radical (unpaired) electrons. The highest BCUT2D eigenvalue weighted by Crippen LogP contribution is 2.13. The molecular weight excluding hydrogens is 318 g/mol. The third kappa shape index (κ3) is 3.63. The minimum Gasteiger partial charge on any atom is -0.322 e. The Bertz CT molecular complexity index is 611. The summed E-state index contributed by atoms with van der Waals surface area (Å²) in [6.45, 7) is 3.60. The average molecular weight is 334 g/mol. The van der Waals surface area contributed by atoms with Crippen LogP contribution in [0.4, 0.5) is 5.69 Å². The molecule has 0 aliphatic rings. The first kappa shape index (κ1) is 14.7. The second-order valence-electron chi connectivity index (χ2n) is 4.57. The van der Waals surface area contributed by atoms with E-state index in [1.165, 1.54) is 5.56 Å². The minimum atomic E-state index is -0.159. The fourth-order valence-electron chi connectivity index (χ4n) is 1.84. The molecule has 0 atom stereocenters. The van der Waals surface area contributed by atoms with Gasteiger partial charge in [-0.3, -0.25) is 4.79 Å². The van der Waals surface area contributed by atoms with Crippen molar-refractivity contribution in [2.24, 2.45) is 0 Å². The van der Waals surface area contributed by atoms with Gasteiger partial charge in [-0.25, -0.2) is 0 Å². The maximum atomic E-state index is 12.2. The Morgan fingerprint density at radius 3 is 2.55 bits per heavy atom. The van der Waals surface area contributed by atoms with Crippen LogP contribution in [0, 0.1) is 13.8 Å². The molecule has 0 aliphatic heterocycles. The smallest absolute Gasteiger partial charge is 0.257 e. The fraction of sp³-hybridized carbons (Fsp3) is 0.267. The zero-order valence-corrected chi connectivity index (χ0v) is 13.1. The van der Waals surface area contributed by atoms with Gasteiger partial charge < -0.3 is 5.32 Å². The van der Waals surface area contributed by atoms with E-state index in [0.29, 0.717) is 11.3 Å². The molecule has 5 heteroatoms. The number of nitrogens with zero attached hydrogens (tertiary/aromatic N) is 2. The van der Waals surface area contributed by atoms with E-state index in [-0.39, 0.29) is 5.91 Å². The molecular formula is C15H16BrN3O. The van der Waals surface area contributed by atoms with Crippen LogP contribution in [0.1, 0.15) is 27.3 Å². The molecule has 2 rings (SSSR count). The summed E-state index contributed by atoms with van der Waals surface area (Å²) in [5.41, 5.74) is 3.93. The Hall–Kier alpha value is -1.75. The zero-order chi connectivity index (χ0) is 14.5. The lowest BCUT2D eigenvalue weighted by Gasteiger charge is -2.08. The number of alkyl halides is 1. The van der Waals surface area contributed by atoms with Gasteiger partial charge in [0.15, 0.2) is 0 Å². The fourth-order valence-corrected chi connectivity index (χ4v) is 2.30. The third-order valence-corrected chi connectivity index (χ3v) is 3.34. The van der Waals surface area contributed by atoms with Crippen molar-refractivity contribution in [3.8, 4) is 0 Å². The lowest BCUT2D eigenvalue weighted by molar-refractivity contribution is 0.102. The van der Waals surface area contributed by atoms with Crippen molar-refractivity contribution in [3.63, 3.8) is 0 Å². The molecule has 4 nitrogen and oxygen atoms in total. The third-order valence-electron chi connectivity index (χ3n) is 2.94. The van der Waals surface area contributed by atoms with Crippen molar-refractivity contribution in [2.45, 2.75) is 20.3 Å². The number of carbonyl (C=O) groups is 1. The molecule has 104 valence electrons. The quantitative estimate of drug-likeness (QED) is 0.873. The molecule has 0 unspecified atom stereocenters. The zero-order valence-electron chi connectivity index (χ0n) is 11.5. The number of amides is 1. The standard InChI is InChI=1S/C15H16BrN3O/c1-10-9-14(11(2)19-18-10)15(20)17-13-5-3-12(4-6-13)7-8-16/h3-6,9H,7-8H2,1-2H3,(H,17,20). The predicted octanol–water partition coefficient (Wildman–Crippen LogP) is 3.28. The van der Waals surface area contributed by atoms with Gasteiger partial charge in [0.05, 0.1) is 17.0 Å². The van der Waals surface area contributed by atoms with E-state index >= 15 is 0 Å². The summed E-state index contributed by atoms with van der Waals surface area (Å²) in [4.78, 5) is 12.2. The monoisotopic (exact) mass is 333 g/mol. The molecule has 2 aromatic rings. The van der Waals surface area contributed by atoms with Crippen LogP contribution in [0.25, 0.3) is 0 Å². The summed E-state index contributed by atoms with van der Waals surface area (Å²) in [7, 11) is 0. The molecule has 1 amide bonds. The van der Waals surface area contributed by atoms with Crippen molar-refractivity contribution < 1.29 is 4.79 Å². The van der Waals surface area contributed by atoms with E-state index in [2.05, 4.69) is 31.4 Å². The predicted molar refractivity (Wildman–Crippen MR) is 83.4 cm³/mol. The van der Waals surface area contributed by atoms with Gasteiger partial charge in [0.25, 0.3) is 5.91 Å². The number of rotatable bonds is 4. The normalized spacial score (nSPS) is 10.3. The Morgan fingerprint density at radius 2 is 1.90 bits per heavy atom. The number of carbonyl (C=O) groups excluding carboxylic acids is 1. The van der Waals surface area contributed by atoms with Crippen LogP contribution in [0.15, 0.2) is 30.3 Å². The summed E-state index contributed by atoms with van der Waals surface area (Å²) < 4.78 is 0. The number of aryl methyl sites for hydroxylation is 3. The van der Waals surface area contributed by atoms with Gasteiger partial charge in [-0.15, -0.1) is 0 Å². The molecule has 0 aliphatic carbocycles. The molecule has 0 spiro atoms. The summed E-state index contributed by atoms with van der Waals surface area (Å²) in [5.74, 6) is -0.159. The molecule has 0 bridgehead atoms. The molecule has 1 aromatic carbocycles. The molecule has 1 aromatic heterocycles. The summed E-state index contributed by atoms with van der Waals surface area (Å²) in [5, 5.41) is 11.7. The van der Waals surface area contributed by atoms with Gasteiger partial charge in [-0.05, 0) is 44.0 Å². The summed E-state index contributed by atoms with van der Waals surface area (Å²) >= 11 is 3.41. The number of aromatic nitrogens is 2. The van der Waals surface area contributed by atoms with Crippen LogP contribution in [-0.2, 0) is 6.42 Å². The van der Waals surface area contributed by atoms with E-state index < -0.39 is 0 Å². The van der Waals surface area contributed by atoms with Crippen LogP contribution in [0.2, 0.25) is 0 Å². The molecule has 1 N–H and O–H groups in total. The SMILES string of the molecule is Cc1cc(C(=O)Nc2ccc(CCBr)cc2)c(C)nn1. The van der Waals surface area contributed by atoms with Gasteiger partial charge in [0, 0.05) is 11.0 Å². The van der Waals surface area contributed by atoms with Gasteiger partial charge >= 0.3 is 0 Å². The summed E-state index contributed by atoms with van der Waals surface area (Å²) in [6.07, 6.45) is 0.973. The molecule has 0 saturated heterocycles. The average Bonchev–Trinajstić information content (AvgIpc) is 2.44. The number of halogens is 1. The second kappa shape index (κ2) is 6.61. The maximum absolute atomic E-state index is 12.2. The van der Waals surface area contributed by atoms with Gasteiger partial charge in [0.2, 0.25) is 0 Å². The van der Waals surface area contributed by atoms with Crippen LogP contribution >= 0.6 is 15.9 Å². The molecule has 1 heterocycles. The Morgan fingerprint density at radius 1 is 1.20 bits per heavy atom. The van der Waals surface area contributed by atoms with Crippen LogP contribution < -0.4 is 5.32 Å². The first-order valence-corrected chi connectivity index (χ1v) is 7.49. The number of hydrogen-bond donors (Lipinski definition) is 1. The van der Waals surface area contributed by atoms with E-state index in [1.54, 1.807) is 13.0 Å². The number of nitrogens with one attached hydrogen (secondary N) is 1. The van der Waals surface area contributed by atoms with Crippen molar-refractivity contribution in [2.75, 3.05) is 10.6 Å². The van der Waals surface area contributed by atoms with Gasteiger partial charge in [-0.1, -0.05) is 28.1 Å². The first-order valence-electron chi connectivity index (χ1n) is 6.37. The lowest BCUT2D eigenvalue weighted by Crippen LogP contribution is -2.15. The van der Waals surface area contributed by atoms with E-state index in [0.717, 1.165) is 23.1 Å². The molecule has 20 heavy (non-hydrogen) atoms. The number of benzene rings is 1. The minimum absolute atomic E-state index is 0.159. The Balaban J connectivity index is 2.13. The largest absolute Gasteiger partial charge is 0.322 e. The second-order valence-corrected chi connectivity index (χ2v) is 5.37. The molecule has 0 fully saturated rings. The topological polar surface area (TPSA) is 54.9 Å². The van der Waals surface area contributed by atoms with Crippen molar-refractivity contribution in [1.82, 2.24) is 10.2 Å². The Labute approximate surface area is 126 Å². The maximum Gasteiger partial charge on any atom is 0.257 e. The number of hydrogen-bond acceptors (Lipinski definition) is 3. The Kier molecular flexibility index (Phi) is 4.84. The first-order chi connectivity index (χ1) is 9.60. The van der Waals surface area contributed by atoms with E-state index in [9.17, 15) is 4.79 Å². The van der Waals surface area contributed by atoms with Crippen LogP contribution in [0.3, 0.4) is 0 Å². The number of anilines is 1. The van der Waals surface area contributed by atoms with Gasteiger partial charge in [-0.2, -0.15) is 10.2 Å². The highest BCUT2D eigenvalue weighted by Gasteiger charge is 2.11. The highest BCUT2D eigenvalue weighted by molar-refractivity contribution is 9.09. The lowest BCUT2D eigenvalue weighted by atomic mass is 10.1. The van der Waals surface area contributed by atoms with E-state index in [4.69, 9.17) is 0 Å². The highest BCUT2D eigenvalue weighted by atomic mass is 79.9. The van der Waals surface area contributed by atoms with Gasteiger partial charge in [0.1, 0.15) is 0 Å². The summed E-state index contributed by atoms with van der Waals surface area (Å²) in [6, 6.07) is 9.59. The van der Waals surface area contributed by atoms with Crippen molar-refractivity contribution in [3.05, 3.63) is 52.8 Å². The molecule has 0 saturated carbocycles. The van der Waals surface area contributed by atoms with Crippen molar-refractivity contribution >= 4 is 27.5 Å². The van der Waals surface area contributed by atoms with E-state index in [1.807, 2.05) is 31.2 Å². The van der Waals surface area contributed by atoms with Crippen LogP contribution in [0.5, 0.6) is 0 Å². The van der Waals surface area contributed by atoms with Crippen molar-refractivity contribution in [1.29, 1.82) is 0 Å². The van der Waals surface area contributed by atoms with Crippen LogP contribution in [-0.4, -0.2) is 21.4 Å².